The fourth-order valence-electron chi connectivity index (χ4n) is 1.58. The number of aromatic nitrogens is 1. The van der Waals surface area contributed by atoms with Gasteiger partial charge in [-0.25, -0.2) is 9.18 Å². The lowest BCUT2D eigenvalue weighted by Crippen LogP contribution is -2.03. The Balaban J connectivity index is 2.48. The zero-order valence-electron chi connectivity index (χ0n) is 9.57. The molecule has 2 rings (SSSR count). The van der Waals surface area contributed by atoms with Crippen molar-refractivity contribution in [1.29, 1.82) is 0 Å². The summed E-state index contributed by atoms with van der Waals surface area (Å²) >= 11 is 0. The van der Waals surface area contributed by atoms with E-state index in [1.54, 1.807) is 0 Å². The number of aromatic amines is 1. The van der Waals surface area contributed by atoms with Gasteiger partial charge in [0.2, 0.25) is 0 Å². The number of pyridine rings is 1. The van der Waals surface area contributed by atoms with Crippen LogP contribution in [0.25, 0.3) is 11.3 Å². The maximum absolute atomic E-state index is 13.8. The van der Waals surface area contributed by atoms with Gasteiger partial charge in [0.05, 0.1) is 18.4 Å². The summed E-state index contributed by atoms with van der Waals surface area (Å²) in [6, 6.07) is 6.56. The van der Waals surface area contributed by atoms with Crippen molar-refractivity contribution in [1.82, 2.24) is 4.98 Å². The Morgan fingerprint density at radius 3 is 2.67 bits per heavy atom. The van der Waals surface area contributed by atoms with Gasteiger partial charge in [0.1, 0.15) is 5.82 Å². The first-order valence-corrected chi connectivity index (χ1v) is 5.19. The highest BCUT2D eigenvalue weighted by Gasteiger charge is 2.11. The number of hydrogen-bond donors (Lipinski definition) is 1. The third kappa shape index (κ3) is 2.29. The molecule has 2 aromatic rings. The molecule has 4 nitrogen and oxygen atoms in total. The van der Waals surface area contributed by atoms with Gasteiger partial charge >= 0.3 is 5.97 Å². The number of ether oxygens (including phenoxy) is 1. The van der Waals surface area contributed by atoms with E-state index in [-0.39, 0.29) is 16.6 Å². The predicted molar refractivity (Wildman–Crippen MR) is 63.8 cm³/mol. The van der Waals surface area contributed by atoms with Crippen LogP contribution in [0.3, 0.4) is 0 Å². The molecule has 1 heterocycles. The van der Waals surface area contributed by atoms with Crippen molar-refractivity contribution < 1.29 is 13.9 Å². The maximum atomic E-state index is 13.8. The van der Waals surface area contributed by atoms with Gasteiger partial charge in [0.25, 0.3) is 0 Å². The van der Waals surface area contributed by atoms with E-state index in [0.29, 0.717) is 5.69 Å². The molecule has 0 atom stereocenters. The number of methoxy groups -OCH3 is 1. The summed E-state index contributed by atoms with van der Waals surface area (Å²) in [5.41, 5.74) is 0.481. The monoisotopic (exact) mass is 247 g/mol. The van der Waals surface area contributed by atoms with Crippen LogP contribution < -0.4 is 5.43 Å². The lowest BCUT2D eigenvalue weighted by molar-refractivity contribution is 0.0600. The second-order valence-electron chi connectivity index (χ2n) is 3.62. The number of esters is 1. The molecule has 0 radical (unpaired) electrons. The van der Waals surface area contributed by atoms with Gasteiger partial charge in [0.15, 0.2) is 5.43 Å². The summed E-state index contributed by atoms with van der Waals surface area (Å²) in [7, 11) is 1.23. The lowest BCUT2D eigenvalue weighted by atomic mass is 10.1. The van der Waals surface area contributed by atoms with Crippen molar-refractivity contribution in [3.05, 3.63) is 58.1 Å². The summed E-state index contributed by atoms with van der Waals surface area (Å²) in [4.78, 5) is 25.2. The highest BCUT2D eigenvalue weighted by molar-refractivity contribution is 5.89. The molecule has 92 valence electrons. The standard InChI is InChI=1S/C13H10FNO3/c1-18-13(17)8-2-3-10(11(14)6-8)12-7-9(16)4-5-15-12/h2-7H,1H3,(H,15,16). The molecule has 0 spiro atoms. The molecule has 0 fully saturated rings. The van der Waals surface area contributed by atoms with Gasteiger partial charge in [-0.15, -0.1) is 0 Å². The molecule has 5 heteroatoms. The molecular weight excluding hydrogens is 237 g/mol. The molecule has 0 unspecified atom stereocenters. The SMILES string of the molecule is COC(=O)c1ccc(-c2cc(=O)cc[nH]2)c(F)c1. The van der Waals surface area contributed by atoms with Crippen molar-refractivity contribution >= 4 is 5.97 Å². The largest absolute Gasteiger partial charge is 0.465 e. The van der Waals surface area contributed by atoms with E-state index < -0.39 is 11.8 Å². The third-order valence-electron chi connectivity index (χ3n) is 2.45. The molecule has 0 aliphatic carbocycles. The minimum absolute atomic E-state index is 0.122. The van der Waals surface area contributed by atoms with Gasteiger partial charge in [-0.2, -0.15) is 0 Å². The molecule has 0 saturated carbocycles. The van der Waals surface area contributed by atoms with Crippen LogP contribution in [0.15, 0.2) is 41.3 Å². The Bertz CT molecular complexity index is 649. The Labute approximate surface area is 102 Å². The number of benzene rings is 1. The third-order valence-corrected chi connectivity index (χ3v) is 2.45. The van der Waals surface area contributed by atoms with Crippen molar-refractivity contribution in [3.63, 3.8) is 0 Å². The van der Waals surface area contributed by atoms with E-state index in [4.69, 9.17) is 0 Å². The lowest BCUT2D eigenvalue weighted by Gasteiger charge is -2.05. The van der Waals surface area contributed by atoms with E-state index in [9.17, 15) is 14.0 Å². The van der Waals surface area contributed by atoms with Gasteiger partial charge in [0, 0.05) is 23.9 Å². The van der Waals surface area contributed by atoms with E-state index in [1.807, 2.05) is 0 Å². The number of hydrogen-bond acceptors (Lipinski definition) is 3. The van der Waals surface area contributed by atoms with E-state index in [1.165, 1.54) is 37.6 Å². The van der Waals surface area contributed by atoms with Crippen LogP contribution in [-0.2, 0) is 4.74 Å². The first kappa shape index (κ1) is 12.0. The molecule has 1 N–H and O–H groups in total. The number of carbonyl (C=O) groups excluding carboxylic acids is 1. The minimum atomic E-state index is -0.609. The van der Waals surface area contributed by atoms with E-state index >= 15 is 0 Å². The van der Waals surface area contributed by atoms with Crippen molar-refractivity contribution in [2.75, 3.05) is 7.11 Å². The van der Waals surface area contributed by atoms with Crippen LogP contribution in [0.2, 0.25) is 0 Å². The topological polar surface area (TPSA) is 59.2 Å². The predicted octanol–water partition coefficient (Wildman–Crippen LogP) is 1.97. The van der Waals surface area contributed by atoms with Crippen molar-refractivity contribution in [3.8, 4) is 11.3 Å². The number of nitrogens with one attached hydrogen (secondary N) is 1. The molecule has 0 saturated heterocycles. The first-order chi connectivity index (χ1) is 8.61. The minimum Gasteiger partial charge on any atom is -0.465 e. The quantitative estimate of drug-likeness (QED) is 0.825. The van der Waals surface area contributed by atoms with Crippen LogP contribution in [-0.4, -0.2) is 18.1 Å². The summed E-state index contributed by atoms with van der Waals surface area (Å²) in [6.07, 6.45) is 1.44. The molecule has 0 aliphatic rings. The fourth-order valence-corrected chi connectivity index (χ4v) is 1.58. The number of rotatable bonds is 2. The van der Waals surface area contributed by atoms with E-state index in [2.05, 4.69) is 9.72 Å². The smallest absolute Gasteiger partial charge is 0.337 e. The maximum Gasteiger partial charge on any atom is 0.337 e. The molecule has 0 bridgehead atoms. The van der Waals surface area contributed by atoms with Crippen LogP contribution in [0, 0.1) is 5.82 Å². The van der Waals surface area contributed by atoms with E-state index in [0.717, 1.165) is 6.07 Å². The average molecular weight is 247 g/mol. The Morgan fingerprint density at radius 1 is 1.28 bits per heavy atom. The molecule has 1 aromatic carbocycles. The van der Waals surface area contributed by atoms with Crippen molar-refractivity contribution in [2.45, 2.75) is 0 Å². The van der Waals surface area contributed by atoms with Gasteiger partial charge in [-0.1, -0.05) is 0 Å². The number of H-pyrrole nitrogens is 1. The fraction of sp³-hybridized carbons (Fsp3) is 0.0769. The normalized spacial score (nSPS) is 10.1. The average Bonchev–Trinajstić information content (AvgIpc) is 2.37. The number of carbonyl (C=O) groups is 1. The summed E-state index contributed by atoms with van der Waals surface area (Å²) in [5, 5.41) is 0. The van der Waals surface area contributed by atoms with Crippen LogP contribution in [0.5, 0.6) is 0 Å². The van der Waals surface area contributed by atoms with Crippen LogP contribution >= 0.6 is 0 Å². The Hall–Kier alpha value is -2.43. The van der Waals surface area contributed by atoms with Crippen LogP contribution in [0.1, 0.15) is 10.4 Å². The summed E-state index contributed by atoms with van der Waals surface area (Å²) in [5.74, 6) is -1.21. The molecule has 0 amide bonds. The molecule has 1 aromatic heterocycles. The number of halogens is 1. The highest BCUT2D eigenvalue weighted by Crippen LogP contribution is 2.20. The Kier molecular flexibility index (Phi) is 3.23. The molecule has 18 heavy (non-hydrogen) atoms. The van der Waals surface area contributed by atoms with Crippen molar-refractivity contribution in [2.24, 2.45) is 0 Å². The highest BCUT2D eigenvalue weighted by atomic mass is 19.1. The zero-order chi connectivity index (χ0) is 13.1. The van der Waals surface area contributed by atoms with Gasteiger partial charge in [-0.05, 0) is 18.2 Å². The van der Waals surface area contributed by atoms with Gasteiger partial charge in [-0.3, -0.25) is 4.79 Å². The molecule has 0 aliphatic heterocycles. The molecular formula is C13H10FNO3. The van der Waals surface area contributed by atoms with Crippen LogP contribution in [0.4, 0.5) is 4.39 Å². The first-order valence-electron chi connectivity index (χ1n) is 5.19. The summed E-state index contributed by atoms with van der Waals surface area (Å²) in [6.45, 7) is 0. The zero-order valence-corrected chi connectivity index (χ0v) is 9.57. The summed E-state index contributed by atoms with van der Waals surface area (Å²) < 4.78 is 18.3. The second kappa shape index (κ2) is 4.83. The second-order valence-corrected chi connectivity index (χ2v) is 3.62. The van der Waals surface area contributed by atoms with Gasteiger partial charge < -0.3 is 9.72 Å². The Morgan fingerprint density at radius 2 is 2.06 bits per heavy atom.